The van der Waals surface area contributed by atoms with E-state index in [2.05, 4.69) is 15.5 Å². The molecule has 2 heterocycles. The van der Waals surface area contributed by atoms with Crippen LogP contribution in [0, 0.1) is 11.8 Å². The van der Waals surface area contributed by atoms with Crippen molar-refractivity contribution in [3.63, 3.8) is 0 Å². The van der Waals surface area contributed by atoms with E-state index in [1.807, 2.05) is 13.8 Å². The monoisotopic (exact) mass is 462 g/mol. The number of hydrogen-bond acceptors (Lipinski definition) is 7. The predicted octanol–water partition coefficient (Wildman–Crippen LogP) is 2.87. The fourth-order valence-electron chi connectivity index (χ4n) is 3.92. The van der Waals surface area contributed by atoms with Gasteiger partial charge in [-0.05, 0) is 55.9 Å². The number of nitrogens with one attached hydrogen (secondary N) is 1. The zero-order valence-electron chi connectivity index (χ0n) is 18.7. The lowest BCUT2D eigenvalue weighted by molar-refractivity contribution is -0.127. The Hall–Kier alpha value is -2.46. The summed E-state index contributed by atoms with van der Waals surface area (Å²) in [4.78, 5) is 17.7. The molecular weight excluding hydrogens is 432 g/mol. The number of sulfonamides is 1. The molecule has 0 radical (unpaired) electrons. The van der Waals surface area contributed by atoms with Crippen LogP contribution in [0.5, 0.6) is 5.75 Å². The highest BCUT2D eigenvalue weighted by Gasteiger charge is 2.35. The number of amides is 1. The number of carbonyl (C=O) groups is 1. The number of hydrogen-bond donors (Lipinski definition) is 1. The van der Waals surface area contributed by atoms with Crippen molar-refractivity contribution in [3.05, 3.63) is 36.0 Å². The second kappa shape index (κ2) is 9.19. The molecule has 1 aliphatic heterocycles. The Balaban J connectivity index is 1.36. The number of benzene rings is 1. The molecule has 10 heteroatoms. The van der Waals surface area contributed by atoms with Gasteiger partial charge in [-0.3, -0.25) is 4.79 Å². The summed E-state index contributed by atoms with van der Waals surface area (Å²) in [6.45, 7) is 4.59. The van der Waals surface area contributed by atoms with Gasteiger partial charge in [0.1, 0.15) is 11.8 Å². The fraction of sp³-hybridized carbons (Fsp3) is 0.591. The summed E-state index contributed by atoms with van der Waals surface area (Å²) < 4.78 is 37.8. The van der Waals surface area contributed by atoms with Crippen molar-refractivity contribution in [1.82, 2.24) is 19.8 Å². The number of carbonyl (C=O) groups excluding carboxylic acids is 1. The van der Waals surface area contributed by atoms with Gasteiger partial charge in [-0.25, -0.2) is 8.42 Å². The molecule has 1 aromatic heterocycles. The minimum Gasteiger partial charge on any atom is -0.497 e. The van der Waals surface area contributed by atoms with Crippen molar-refractivity contribution in [2.75, 3.05) is 20.2 Å². The Labute approximate surface area is 188 Å². The van der Waals surface area contributed by atoms with Gasteiger partial charge in [0.05, 0.1) is 12.0 Å². The van der Waals surface area contributed by atoms with Crippen LogP contribution in [0.25, 0.3) is 0 Å². The van der Waals surface area contributed by atoms with Crippen LogP contribution in [0.1, 0.15) is 63.2 Å². The lowest BCUT2D eigenvalue weighted by Gasteiger charge is -2.31. The molecule has 1 aromatic carbocycles. The van der Waals surface area contributed by atoms with E-state index in [0.717, 1.165) is 18.7 Å². The molecule has 1 unspecified atom stereocenters. The highest BCUT2D eigenvalue weighted by Crippen LogP contribution is 2.38. The van der Waals surface area contributed by atoms with Gasteiger partial charge in [0.2, 0.25) is 21.8 Å². The highest BCUT2D eigenvalue weighted by molar-refractivity contribution is 7.89. The molecule has 1 aliphatic carbocycles. The van der Waals surface area contributed by atoms with Gasteiger partial charge >= 0.3 is 0 Å². The second-order valence-electron chi connectivity index (χ2n) is 8.85. The minimum absolute atomic E-state index is 0.0852. The number of rotatable bonds is 8. The lowest BCUT2D eigenvalue weighted by atomic mass is 9.95. The molecule has 1 amide bonds. The molecule has 2 aromatic rings. The van der Waals surface area contributed by atoms with Crippen molar-refractivity contribution >= 4 is 15.9 Å². The summed E-state index contributed by atoms with van der Waals surface area (Å²) in [5.41, 5.74) is 0. The standard InChI is InChI=1S/C22H30N4O5S/c1-14(2)19(22-24-20(25-31-22)15-4-5-15)23-21(27)16-10-12-26(13-11-16)32(28,29)18-8-6-17(30-3)7-9-18/h6-9,14-16,19H,4-5,10-13H2,1-3H3,(H,23,27). The Morgan fingerprint density at radius 3 is 2.38 bits per heavy atom. The molecule has 4 rings (SSSR count). The molecule has 2 fully saturated rings. The van der Waals surface area contributed by atoms with Gasteiger partial charge < -0.3 is 14.6 Å². The zero-order chi connectivity index (χ0) is 22.9. The van der Waals surface area contributed by atoms with Crippen molar-refractivity contribution < 1.29 is 22.5 Å². The fourth-order valence-corrected chi connectivity index (χ4v) is 5.39. The quantitative estimate of drug-likeness (QED) is 0.641. The molecule has 9 nitrogen and oxygen atoms in total. The normalized spacial score (nSPS) is 19.1. The predicted molar refractivity (Wildman–Crippen MR) is 116 cm³/mol. The van der Waals surface area contributed by atoms with E-state index in [1.165, 1.54) is 11.4 Å². The topological polar surface area (TPSA) is 115 Å². The summed E-state index contributed by atoms with van der Waals surface area (Å²) in [6.07, 6.45) is 3.08. The van der Waals surface area contributed by atoms with Gasteiger partial charge in [0, 0.05) is 24.9 Å². The summed E-state index contributed by atoms with van der Waals surface area (Å²) in [5, 5.41) is 7.12. The summed E-state index contributed by atoms with van der Waals surface area (Å²) in [7, 11) is -2.07. The summed E-state index contributed by atoms with van der Waals surface area (Å²) >= 11 is 0. The lowest BCUT2D eigenvalue weighted by Crippen LogP contribution is -2.44. The first-order valence-corrected chi connectivity index (χ1v) is 12.5. The average molecular weight is 463 g/mol. The molecule has 174 valence electrons. The van der Waals surface area contributed by atoms with Gasteiger partial charge in [-0.2, -0.15) is 9.29 Å². The van der Waals surface area contributed by atoms with E-state index in [9.17, 15) is 13.2 Å². The third-order valence-electron chi connectivity index (χ3n) is 6.15. The molecule has 1 atom stereocenters. The Morgan fingerprint density at radius 1 is 1.16 bits per heavy atom. The summed E-state index contributed by atoms with van der Waals surface area (Å²) in [6, 6.07) is 5.99. The molecule has 0 bridgehead atoms. The maximum Gasteiger partial charge on any atom is 0.249 e. The van der Waals surface area contributed by atoms with Crippen molar-refractivity contribution in [3.8, 4) is 5.75 Å². The van der Waals surface area contributed by atoms with Crippen LogP contribution in [0.3, 0.4) is 0 Å². The van der Waals surface area contributed by atoms with E-state index >= 15 is 0 Å². The van der Waals surface area contributed by atoms with Crippen LogP contribution in [-0.4, -0.2) is 49.0 Å². The van der Waals surface area contributed by atoms with Crippen molar-refractivity contribution in [2.45, 2.75) is 56.4 Å². The average Bonchev–Trinajstić information content (AvgIpc) is 3.54. The van der Waals surface area contributed by atoms with E-state index in [-0.39, 0.29) is 28.7 Å². The smallest absolute Gasteiger partial charge is 0.249 e. The van der Waals surface area contributed by atoms with Crippen LogP contribution < -0.4 is 10.1 Å². The first-order valence-electron chi connectivity index (χ1n) is 11.1. The van der Waals surface area contributed by atoms with E-state index in [4.69, 9.17) is 9.26 Å². The van der Waals surface area contributed by atoms with E-state index in [0.29, 0.717) is 43.5 Å². The Morgan fingerprint density at radius 2 is 1.81 bits per heavy atom. The third kappa shape index (κ3) is 4.80. The van der Waals surface area contributed by atoms with Crippen LogP contribution in [0.4, 0.5) is 0 Å². The van der Waals surface area contributed by atoms with Crippen LogP contribution in [-0.2, 0) is 14.8 Å². The Bertz CT molecular complexity index is 1040. The summed E-state index contributed by atoms with van der Waals surface area (Å²) in [5.74, 6) is 1.87. The van der Waals surface area contributed by atoms with Crippen molar-refractivity contribution in [2.24, 2.45) is 11.8 Å². The third-order valence-corrected chi connectivity index (χ3v) is 8.07. The largest absolute Gasteiger partial charge is 0.497 e. The van der Waals surface area contributed by atoms with E-state index in [1.54, 1.807) is 24.3 Å². The molecule has 0 spiro atoms. The molecule has 32 heavy (non-hydrogen) atoms. The maximum atomic E-state index is 13.0. The zero-order valence-corrected chi connectivity index (χ0v) is 19.5. The van der Waals surface area contributed by atoms with Crippen LogP contribution >= 0.6 is 0 Å². The highest BCUT2D eigenvalue weighted by atomic mass is 32.2. The van der Waals surface area contributed by atoms with Gasteiger partial charge in [0.15, 0.2) is 5.82 Å². The molecule has 1 N–H and O–H groups in total. The first kappa shape index (κ1) is 22.7. The second-order valence-corrected chi connectivity index (χ2v) is 10.8. The number of nitrogens with zero attached hydrogens (tertiary/aromatic N) is 3. The maximum absolute atomic E-state index is 13.0. The van der Waals surface area contributed by atoms with Gasteiger partial charge in [-0.1, -0.05) is 19.0 Å². The number of ether oxygens (including phenoxy) is 1. The molecular formula is C22H30N4O5S. The van der Waals surface area contributed by atoms with Crippen molar-refractivity contribution in [1.29, 1.82) is 0 Å². The van der Waals surface area contributed by atoms with E-state index < -0.39 is 10.0 Å². The SMILES string of the molecule is COc1ccc(S(=O)(=O)N2CCC(C(=O)NC(c3nc(C4CC4)no3)C(C)C)CC2)cc1. The molecule has 2 aliphatic rings. The molecule has 1 saturated heterocycles. The van der Waals surface area contributed by atoms with Gasteiger partial charge in [0.25, 0.3) is 0 Å². The van der Waals surface area contributed by atoms with Crippen LogP contribution in [0.15, 0.2) is 33.7 Å². The molecule has 1 saturated carbocycles. The Kier molecular flexibility index (Phi) is 6.52. The first-order chi connectivity index (χ1) is 15.3. The number of piperidine rings is 1. The van der Waals surface area contributed by atoms with Crippen LogP contribution in [0.2, 0.25) is 0 Å². The van der Waals surface area contributed by atoms with Gasteiger partial charge in [-0.15, -0.1) is 0 Å². The minimum atomic E-state index is -3.60. The number of aromatic nitrogens is 2. The number of methoxy groups -OCH3 is 1.